The predicted octanol–water partition coefficient (Wildman–Crippen LogP) is 3.51. The number of hydrogen-bond donors (Lipinski definition) is 1. The third kappa shape index (κ3) is 5.64. The minimum absolute atomic E-state index is 0.151. The predicted molar refractivity (Wildman–Crippen MR) is 117 cm³/mol. The van der Waals surface area contributed by atoms with Crippen molar-refractivity contribution in [3.63, 3.8) is 0 Å². The number of carbonyl (C=O) groups excluding carboxylic acids is 1. The molecule has 0 fully saturated rings. The van der Waals surface area contributed by atoms with Crippen LogP contribution in [-0.2, 0) is 17.9 Å². The van der Waals surface area contributed by atoms with E-state index in [2.05, 4.69) is 28.6 Å². The molecule has 0 aliphatic heterocycles. The average molecular weight is 418 g/mol. The molecule has 0 saturated heterocycles. The number of ether oxygens (including phenoxy) is 2. The maximum Gasteiger partial charge on any atom is 0.258 e. The Morgan fingerprint density at radius 1 is 1.13 bits per heavy atom. The highest BCUT2D eigenvalue weighted by molar-refractivity contribution is 5.77. The maximum absolute atomic E-state index is 12.3. The lowest BCUT2D eigenvalue weighted by molar-refractivity contribution is -0.123. The van der Waals surface area contributed by atoms with Crippen molar-refractivity contribution in [2.24, 2.45) is 0 Å². The van der Waals surface area contributed by atoms with Gasteiger partial charge in [0.2, 0.25) is 0 Å². The Morgan fingerprint density at radius 3 is 2.61 bits per heavy atom. The first kappa shape index (κ1) is 21.9. The monoisotopic (exact) mass is 418 g/mol. The summed E-state index contributed by atoms with van der Waals surface area (Å²) >= 11 is 0. The second kappa shape index (κ2) is 10.3. The molecule has 0 aliphatic carbocycles. The Kier molecular flexibility index (Phi) is 7.28. The molecular formula is C24H26N4O3. The Labute approximate surface area is 182 Å². The van der Waals surface area contributed by atoms with Crippen LogP contribution in [0.25, 0.3) is 0 Å². The third-order valence-electron chi connectivity index (χ3n) is 4.90. The lowest BCUT2D eigenvalue weighted by atomic mass is 10.2. The second-order valence-corrected chi connectivity index (χ2v) is 7.06. The van der Waals surface area contributed by atoms with Crippen LogP contribution in [0.5, 0.6) is 11.5 Å². The molecule has 0 bridgehead atoms. The van der Waals surface area contributed by atoms with E-state index < -0.39 is 0 Å². The number of benzene rings is 2. The number of nitriles is 1. The van der Waals surface area contributed by atoms with Crippen molar-refractivity contribution in [1.82, 2.24) is 15.1 Å². The van der Waals surface area contributed by atoms with Crippen LogP contribution < -0.4 is 14.8 Å². The van der Waals surface area contributed by atoms with Crippen LogP contribution in [0.4, 0.5) is 0 Å². The Hall–Kier alpha value is -3.79. The molecule has 160 valence electrons. The molecule has 31 heavy (non-hydrogen) atoms. The number of carbonyl (C=O) groups is 1. The largest absolute Gasteiger partial charge is 0.490 e. The molecule has 3 rings (SSSR count). The van der Waals surface area contributed by atoms with Gasteiger partial charge in [-0.25, -0.2) is 0 Å². The van der Waals surface area contributed by atoms with Gasteiger partial charge in [-0.1, -0.05) is 30.3 Å². The molecule has 1 amide bonds. The quantitative estimate of drug-likeness (QED) is 0.574. The number of nitrogens with zero attached hydrogens (tertiary/aromatic N) is 3. The van der Waals surface area contributed by atoms with Gasteiger partial charge in [-0.3, -0.25) is 9.48 Å². The van der Waals surface area contributed by atoms with E-state index in [-0.39, 0.29) is 12.5 Å². The normalized spacial score (nSPS) is 10.4. The SMILES string of the molecule is CCOc1cc(C#N)ccc1OCC(=O)NCc1c(C)nn(Cc2ccccc2)c1C. The molecule has 1 heterocycles. The van der Waals surface area contributed by atoms with Crippen LogP contribution in [0.1, 0.15) is 35.0 Å². The molecular weight excluding hydrogens is 392 g/mol. The highest BCUT2D eigenvalue weighted by Crippen LogP contribution is 2.28. The summed E-state index contributed by atoms with van der Waals surface area (Å²) in [4.78, 5) is 12.3. The van der Waals surface area contributed by atoms with Crippen LogP contribution in [0.3, 0.4) is 0 Å². The van der Waals surface area contributed by atoms with Gasteiger partial charge in [-0.15, -0.1) is 0 Å². The van der Waals surface area contributed by atoms with Gasteiger partial charge in [0.25, 0.3) is 5.91 Å². The van der Waals surface area contributed by atoms with Crippen molar-refractivity contribution in [3.05, 3.63) is 76.6 Å². The van der Waals surface area contributed by atoms with Gasteiger partial charge < -0.3 is 14.8 Å². The van der Waals surface area contributed by atoms with Gasteiger partial charge in [0, 0.05) is 23.9 Å². The van der Waals surface area contributed by atoms with Crippen LogP contribution in [-0.4, -0.2) is 28.9 Å². The van der Waals surface area contributed by atoms with Crippen molar-refractivity contribution in [3.8, 4) is 17.6 Å². The summed E-state index contributed by atoms with van der Waals surface area (Å²) in [5.74, 6) is 0.628. The van der Waals surface area contributed by atoms with Crippen LogP contribution in [0, 0.1) is 25.2 Å². The molecule has 0 radical (unpaired) electrons. The maximum atomic E-state index is 12.3. The van der Waals surface area contributed by atoms with E-state index in [1.165, 1.54) is 5.56 Å². The Balaban J connectivity index is 1.58. The highest BCUT2D eigenvalue weighted by Gasteiger charge is 2.14. The fourth-order valence-electron chi connectivity index (χ4n) is 3.25. The van der Waals surface area contributed by atoms with Crippen LogP contribution >= 0.6 is 0 Å². The van der Waals surface area contributed by atoms with Gasteiger partial charge >= 0.3 is 0 Å². The van der Waals surface area contributed by atoms with Crippen molar-refractivity contribution < 1.29 is 14.3 Å². The van der Waals surface area contributed by atoms with Crippen molar-refractivity contribution in [2.45, 2.75) is 33.9 Å². The van der Waals surface area contributed by atoms with Gasteiger partial charge in [-0.2, -0.15) is 10.4 Å². The Morgan fingerprint density at radius 2 is 1.90 bits per heavy atom. The van der Waals surface area contributed by atoms with Crippen LogP contribution in [0.2, 0.25) is 0 Å². The number of aromatic nitrogens is 2. The van der Waals surface area contributed by atoms with Gasteiger partial charge in [0.1, 0.15) is 0 Å². The highest BCUT2D eigenvalue weighted by atomic mass is 16.5. The standard InChI is InChI=1S/C24H26N4O3/c1-4-30-23-12-20(13-25)10-11-22(23)31-16-24(29)26-14-21-17(2)27-28(18(21)3)15-19-8-6-5-7-9-19/h5-12H,4,14-16H2,1-3H3,(H,26,29). The molecule has 7 heteroatoms. The van der Waals surface area contributed by atoms with E-state index in [1.807, 2.05) is 43.7 Å². The van der Waals surface area contributed by atoms with E-state index in [4.69, 9.17) is 14.7 Å². The van der Waals surface area contributed by atoms with Crippen molar-refractivity contribution >= 4 is 5.91 Å². The first-order valence-corrected chi connectivity index (χ1v) is 10.1. The van der Waals surface area contributed by atoms with E-state index in [0.717, 1.165) is 17.0 Å². The molecule has 7 nitrogen and oxygen atoms in total. The minimum Gasteiger partial charge on any atom is -0.490 e. The molecule has 0 atom stereocenters. The first-order chi connectivity index (χ1) is 15.0. The van der Waals surface area contributed by atoms with Gasteiger partial charge in [-0.05, 0) is 38.5 Å². The molecule has 2 aromatic carbocycles. The smallest absolute Gasteiger partial charge is 0.258 e. The molecule has 1 aromatic heterocycles. The Bertz CT molecular complexity index is 1080. The molecule has 3 aromatic rings. The third-order valence-corrected chi connectivity index (χ3v) is 4.90. The van der Waals surface area contributed by atoms with E-state index in [1.54, 1.807) is 18.2 Å². The van der Waals surface area contributed by atoms with Gasteiger partial charge in [0.05, 0.1) is 30.5 Å². The molecule has 0 spiro atoms. The molecule has 0 aliphatic rings. The summed E-state index contributed by atoms with van der Waals surface area (Å²) < 4.78 is 13.1. The van der Waals surface area contributed by atoms with Gasteiger partial charge in [0.15, 0.2) is 18.1 Å². The second-order valence-electron chi connectivity index (χ2n) is 7.06. The van der Waals surface area contributed by atoms with E-state index in [9.17, 15) is 4.79 Å². The number of aryl methyl sites for hydroxylation is 1. The zero-order valence-corrected chi connectivity index (χ0v) is 18.0. The van der Waals surface area contributed by atoms with Crippen molar-refractivity contribution in [2.75, 3.05) is 13.2 Å². The zero-order chi connectivity index (χ0) is 22.2. The summed E-state index contributed by atoms with van der Waals surface area (Å²) in [6.07, 6.45) is 0. The lowest BCUT2D eigenvalue weighted by Gasteiger charge is -2.12. The number of rotatable bonds is 9. The summed E-state index contributed by atoms with van der Waals surface area (Å²) in [5.41, 5.74) is 4.55. The minimum atomic E-state index is -0.249. The number of amides is 1. The molecule has 0 unspecified atom stereocenters. The fourth-order valence-corrected chi connectivity index (χ4v) is 3.25. The van der Waals surface area contributed by atoms with Crippen molar-refractivity contribution in [1.29, 1.82) is 5.26 Å². The lowest BCUT2D eigenvalue weighted by Crippen LogP contribution is -2.28. The number of nitrogens with one attached hydrogen (secondary N) is 1. The summed E-state index contributed by atoms with van der Waals surface area (Å²) in [6, 6.07) is 17.1. The molecule has 0 saturated carbocycles. The van der Waals surface area contributed by atoms with Crippen LogP contribution in [0.15, 0.2) is 48.5 Å². The first-order valence-electron chi connectivity index (χ1n) is 10.1. The summed E-state index contributed by atoms with van der Waals surface area (Å²) in [7, 11) is 0. The summed E-state index contributed by atoms with van der Waals surface area (Å²) in [6.45, 7) is 7.14. The zero-order valence-electron chi connectivity index (χ0n) is 18.0. The number of hydrogen-bond acceptors (Lipinski definition) is 5. The topological polar surface area (TPSA) is 89.2 Å². The fraction of sp³-hybridized carbons (Fsp3) is 0.292. The average Bonchev–Trinajstić information content (AvgIpc) is 3.04. The summed E-state index contributed by atoms with van der Waals surface area (Å²) in [5, 5.41) is 16.5. The van der Waals surface area contributed by atoms with E-state index >= 15 is 0 Å². The molecule has 1 N–H and O–H groups in total. The van der Waals surface area contributed by atoms with E-state index in [0.29, 0.717) is 36.8 Å².